The van der Waals surface area contributed by atoms with Gasteiger partial charge in [0.1, 0.15) is 6.10 Å². The minimum Gasteiger partial charge on any atom is -0.474 e. The quantitative estimate of drug-likeness (QED) is 0.831. The van der Waals surface area contributed by atoms with Crippen molar-refractivity contribution in [2.24, 2.45) is 0 Å². The first-order valence-electron chi connectivity index (χ1n) is 7.31. The van der Waals surface area contributed by atoms with E-state index < -0.39 is 0 Å². The molecule has 1 N–H and O–H groups in total. The van der Waals surface area contributed by atoms with Crippen LogP contribution in [-0.4, -0.2) is 17.6 Å². The monoisotopic (exact) mass is 282 g/mol. The summed E-state index contributed by atoms with van der Waals surface area (Å²) in [6, 6.07) is 1.97. The van der Waals surface area contributed by atoms with Crippen LogP contribution in [0.5, 0.6) is 5.88 Å². The molecule has 0 radical (unpaired) electrons. The van der Waals surface area contributed by atoms with E-state index in [-0.39, 0.29) is 0 Å². The molecular weight excluding hydrogens is 260 g/mol. The molecule has 1 aromatic rings. The van der Waals surface area contributed by atoms with Crippen molar-refractivity contribution in [2.75, 3.05) is 6.54 Å². The first-order valence-corrected chi connectivity index (χ1v) is 7.69. The molecule has 0 atom stereocenters. The Morgan fingerprint density at radius 2 is 2.05 bits per heavy atom. The first-order chi connectivity index (χ1) is 9.29. The molecule has 3 nitrogen and oxygen atoms in total. The lowest BCUT2D eigenvalue weighted by atomic mass is 10.1. The summed E-state index contributed by atoms with van der Waals surface area (Å²) in [7, 11) is 0. The van der Waals surface area contributed by atoms with Gasteiger partial charge in [-0.3, -0.25) is 0 Å². The molecule has 4 heteroatoms. The number of ether oxygens (including phenoxy) is 1. The molecule has 1 fully saturated rings. The number of pyridine rings is 1. The van der Waals surface area contributed by atoms with Gasteiger partial charge >= 0.3 is 0 Å². The second-order valence-corrected chi connectivity index (χ2v) is 5.53. The predicted octanol–water partition coefficient (Wildman–Crippen LogP) is 3.95. The van der Waals surface area contributed by atoms with Crippen LogP contribution in [0.2, 0.25) is 5.02 Å². The molecule has 106 valence electrons. The van der Waals surface area contributed by atoms with Crippen LogP contribution in [-0.2, 0) is 6.54 Å². The molecule has 1 aliphatic rings. The number of aromatic nitrogens is 1. The predicted molar refractivity (Wildman–Crippen MR) is 78.7 cm³/mol. The van der Waals surface area contributed by atoms with Crippen molar-refractivity contribution in [1.82, 2.24) is 10.3 Å². The summed E-state index contributed by atoms with van der Waals surface area (Å²) in [6.45, 7) is 3.77. The highest BCUT2D eigenvalue weighted by molar-refractivity contribution is 6.31. The van der Waals surface area contributed by atoms with Gasteiger partial charge in [0, 0.05) is 18.8 Å². The Kier molecular flexibility index (Phi) is 5.93. The highest BCUT2D eigenvalue weighted by Gasteiger charge is 2.15. The van der Waals surface area contributed by atoms with E-state index in [4.69, 9.17) is 16.3 Å². The molecule has 0 aromatic carbocycles. The van der Waals surface area contributed by atoms with Gasteiger partial charge in [0.25, 0.3) is 0 Å². The third kappa shape index (κ3) is 4.66. The fourth-order valence-corrected chi connectivity index (χ4v) is 2.62. The number of halogens is 1. The number of hydrogen-bond donors (Lipinski definition) is 1. The van der Waals surface area contributed by atoms with Gasteiger partial charge in [-0.05, 0) is 37.8 Å². The molecule has 1 aliphatic carbocycles. The Bertz CT molecular complexity index is 390. The van der Waals surface area contributed by atoms with Gasteiger partial charge in [-0.15, -0.1) is 0 Å². The molecule has 1 aromatic heterocycles. The smallest absolute Gasteiger partial charge is 0.213 e. The molecule has 0 spiro atoms. The molecule has 0 unspecified atom stereocenters. The second-order valence-electron chi connectivity index (χ2n) is 5.13. The lowest BCUT2D eigenvalue weighted by Gasteiger charge is -2.17. The van der Waals surface area contributed by atoms with Crippen LogP contribution in [0.3, 0.4) is 0 Å². The van der Waals surface area contributed by atoms with Crippen LogP contribution in [0.1, 0.15) is 51.0 Å². The van der Waals surface area contributed by atoms with Gasteiger partial charge in [-0.2, -0.15) is 0 Å². The van der Waals surface area contributed by atoms with E-state index in [1.807, 2.05) is 6.07 Å². The Morgan fingerprint density at radius 3 is 2.74 bits per heavy atom. The van der Waals surface area contributed by atoms with Crippen LogP contribution in [0.25, 0.3) is 0 Å². The SMILES string of the molecule is CCNCc1cc(OC2CCCCCC2)ncc1Cl. The summed E-state index contributed by atoms with van der Waals surface area (Å²) in [5, 5.41) is 3.98. The average Bonchev–Trinajstić information content (AvgIpc) is 2.68. The normalized spacial score (nSPS) is 17.2. The van der Waals surface area contributed by atoms with Crippen LogP contribution in [0.4, 0.5) is 0 Å². The second kappa shape index (κ2) is 7.71. The molecule has 0 aliphatic heterocycles. The van der Waals surface area contributed by atoms with Crippen LogP contribution < -0.4 is 10.1 Å². The van der Waals surface area contributed by atoms with Gasteiger partial charge in [0.2, 0.25) is 5.88 Å². The van der Waals surface area contributed by atoms with Crippen LogP contribution in [0.15, 0.2) is 12.3 Å². The summed E-state index contributed by atoms with van der Waals surface area (Å²) < 4.78 is 6.01. The molecule has 1 saturated carbocycles. The van der Waals surface area contributed by atoms with Crippen molar-refractivity contribution >= 4 is 11.6 Å². The maximum atomic E-state index is 6.14. The van der Waals surface area contributed by atoms with Crippen LogP contribution in [0, 0.1) is 0 Å². The number of hydrogen-bond acceptors (Lipinski definition) is 3. The maximum Gasteiger partial charge on any atom is 0.213 e. The van der Waals surface area contributed by atoms with Crippen LogP contribution >= 0.6 is 11.6 Å². The van der Waals surface area contributed by atoms with E-state index >= 15 is 0 Å². The number of rotatable bonds is 5. The van der Waals surface area contributed by atoms with E-state index in [0.717, 1.165) is 31.5 Å². The van der Waals surface area contributed by atoms with Crippen molar-refractivity contribution < 1.29 is 4.74 Å². The molecule has 0 saturated heterocycles. The van der Waals surface area contributed by atoms with Gasteiger partial charge in [-0.1, -0.05) is 31.4 Å². The zero-order valence-electron chi connectivity index (χ0n) is 11.6. The summed E-state index contributed by atoms with van der Waals surface area (Å²) in [6.07, 6.45) is 9.51. The highest BCUT2D eigenvalue weighted by atomic mass is 35.5. The van der Waals surface area contributed by atoms with Gasteiger partial charge in [0.05, 0.1) is 5.02 Å². The van der Waals surface area contributed by atoms with Crippen molar-refractivity contribution in [3.8, 4) is 5.88 Å². The first kappa shape index (κ1) is 14.6. The van der Waals surface area contributed by atoms with E-state index in [1.54, 1.807) is 6.20 Å². The highest BCUT2D eigenvalue weighted by Crippen LogP contribution is 2.24. The van der Waals surface area contributed by atoms with E-state index in [2.05, 4.69) is 17.2 Å². The molecular formula is C15H23ClN2O. The molecule has 0 bridgehead atoms. The lowest BCUT2D eigenvalue weighted by Crippen LogP contribution is -2.17. The minimum atomic E-state index is 0.322. The van der Waals surface area contributed by atoms with Gasteiger partial charge in [0.15, 0.2) is 0 Å². The van der Waals surface area contributed by atoms with E-state index in [1.165, 1.54) is 25.7 Å². The molecule has 2 rings (SSSR count). The summed E-state index contributed by atoms with van der Waals surface area (Å²) in [5.74, 6) is 0.712. The fraction of sp³-hybridized carbons (Fsp3) is 0.667. The fourth-order valence-electron chi connectivity index (χ4n) is 2.45. The zero-order valence-corrected chi connectivity index (χ0v) is 12.4. The lowest BCUT2D eigenvalue weighted by molar-refractivity contribution is 0.176. The van der Waals surface area contributed by atoms with Crippen molar-refractivity contribution in [2.45, 2.75) is 58.1 Å². The summed E-state index contributed by atoms with van der Waals surface area (Å²) in [5.41, 5.74) is 1.06. The average molecular weight is 283 g/mol. The molecule has 1 heterocycles. The van der Waals surface area contributed by atoms with E-state index in [9.17, 15) is 0 Å². The maximum absolute atomic E-state index is 6.14. The Labute approximate surface area is 120 Å². The topological polar surface area (TPSA) is 34.1 Å². The largest absolute Gasteiger partial charge is 0.474 e. The van der Waals surface area contributed by atoms with E-state index in [0.29, 0.717) is 17.0 Å². The number of nitrogens with zero attached hydrogens (tertiary/aromatic N) is 1. The van der Waals surface area contributed by atoms with Gasteiger partial charge < -0.3 is 10.1 Å². The van der Waals surface area contributed by atoms with Gasteiger partial charge in [-0.25, -0.2) is 4.98 Å². The third-order valence-electron chi connectivity index (χ3n) is 3.56. The summed E-state index contributed by atoms with van der Waals surface area (Å²) >= 11 is 6.14. The third-order valence-corrected chi connectivity index (χ3v) is 3.90. The standard InChI is InChI=1S/C15H23ClN2O/c1-2-17-10-12-9-15(18-11-14(12)16)19-13-7-5-3-4-6-8-13/h9,11,13,17H,2-8,10H2,1H3. The Balaban J connectivity index is 1.98. The van der Waals surface area contributed by atoms with Crippen molar-refractivity contribution in [1.29, 1.82) is 0 Å². The Hall–Kier alpha value is -0.800. The van der Waals surface area contributed by atoms with Crippen molar-refractivity contribution in [3.63, 3.8) is 0 Å². The molecule has 0 amide bonds. The number of nitrogens with one attached hydrogen (secondary N) is 1. The summed E-state index contributed by atoms with van der Waals surface area (Å²) in [4.78, 5) is 4.29. The minimum absolute atomic E-state index is 0.322. The Morgan fingerprint density at radius 1 is 1.32 bits per heavy atom. The zero-order chi connectivity index (χ0) is 13.5. The molecule has 19 heavy (non-hydrogen) atoms. The van der Waals surface area contributed by atoms with Crippen molar-refractivity contribution in [3.05, 3.63) is 22.8 Å².